The van der Waals surface area contributed by atoms with E-state index in [4.69, 9.17) is 9.47 Å². The van der Waals surface area contributed by atoms with Crippen LogP contribution in [0.2, 0.25) is 0 Å². The van der Waals surface area contributed by atoms with Crippen LogP contribution in [0.25, 0.3) is 0 Å². The van der Waals surface area contributed by atoms with Crippen LogP contribution in [0.15, 0.2) is 24.3 Å². The number of carbonyl (C=O) groups is 3. The van der Waals surface area contributed by atoms with Gasteiger partial charge in [-0.05, 0) is 45.7 Å². The summed E-state index contributed by atoms with van der Waals surface area (Å²) < 4.78 is 10.0. The number of nitrogens with one attached hydrogen (secondary N) is 1. The second-order valence-electron chi connectivity index (χ2n) is 6.85. The van der Waals surface area contributed by atoms with Gasteiger partial charge in [0.1, 0.15) is 11.6 Å². The summed E-state index contributed by atoms with van der Waals surface area (Å²) in [6.45, 7) is 5.75. The quantitative estimate of drug-likeness (QED) is 0.849. The molecular formula is C18H24N2O5. The first-order valence-electron chi connectivity index (χ1n) is 8.21. The van der Waals surface area contributed by atoms with Crippen LogP contribution in [0.4, 0.5) is 10.5 Å². The highest BCUT2D eigenvalue weighted by Gasteiger charge is 2.36. The van der Waals surface area contributed by atoms with E-state index >= 15 is 0 Å². The van der Waals surface area contributed by atoms with E-state index in [-0.39, 0.29) is 5.91 Å². The molecule has 7 nitrogen and oxygen atoms in total. The van der Waals surface area contributed by atoms with Gasteiger partial charge in [0.25, 0.3) is 5.91 Å². The van der Waals surface area contributed by atoms with Crippen LogP contribution in [0, 0.1) is 0 Å². The van der Waals surface area contributed by atoms with Crippen molar-refractivity contribution in [2.75, 3.05) is 19.0 Å². The number of anilines is 1. The Morgan fingerprint density at radius 2 is 1.88 bits per heavy atom. The monoisotopic (exact) mass is 348 g/mol. The maximum atomic E-state index is 12.9. The number of benzene rings is 1. The number of esters is 1. The molecule has 2 amide bonds. The van der Waals surface area contributed by atoms with Crippen molar-refractivity contribution >= 4 is 23.7 Å². The van der Waals surface area contributed by atoms with Gasteiger partial charge in [0.2, 0.25) is 0 Å². The second-order valence-corrected chi connectivity index (χ2v) is 6.85. The number of nitrogens with zero attached hydrogens (tertiary/aromatic N) is 1. The molecule has 1 saturated heterocycles. The Kier molecular flexibility index (Phi) is 5.66. The fourth-order valence-electron chi connectivity index (χ4n) is 2.74. The molecule has 7 heteroatoms. The van der Waals surface area contributed by atoms with Crippen LogP contribution < -0.4 is 5.32 Å². The van der Waals surface area contributed by atoms with Crippen LogP contribution in [0.5, 0.6) is 0 Å². The van der Waals surface area contributed by atoms with Crippen LogP contribution >= 0.6 is 0 Å². The largest absolute Gasteiger partial charge is 0.467 e. The number of hydrogen-bond acceptors (Lipinski definition) is 5. The van der Waals surface area contributed by atoms with E-state index in [1.165, 1.54) is 12.0 Å². The molecule has 1 atom stereocenters. The fraction of sp³-hybridized carbons (Fsp3) is 0.500. The lowest BCUT2D eigenvalue weighted by molar-refractivity contribution is -0.145. The van der Waals surface area contributed by atoms with Crippen molar-refractivity contribution in [1.29, 1.82) is 0 Å². The van der Waals surface area contributed by atoms with Crippen LogP contribution in [0.1, 0.15) is 44.0 Å². The molecule has 0 spiro atoms. The first-order chi connectivity index (χ1) is 11.7. The summed E-state index contributed by atoms with van der Waals surface area (Å²) >= 11 is 0. The highest BCUT2D eigenvalue weighted by Crippen LogP contribution is 2.25. The molecule has 1 aromatic rings. The third-order valence-corrected chi connectivity index (χ3v) is 3.78. The van der Waals surface area contributed by atoms with E-state index in [9.17, 15) is 14.4 Å². The summed E-state index contributed by atoms with van der Waals surface area (Å²) in [7, 11) is 1.31. The summed E-state index contributed by atoms with van der Waals surface area (Å²) in [6, 6.07) is 6.07. The highest BCUT2D eigenvalue weighted by atomic mass is 16.6. The minimum atomic E-state index is -0.645. The maximum Gasteiger partial charge on any atom is 0.412 e. The summed E-state index contributed by atoms with van der Waals surface area (Å²) in [6.07, 6.45) is 0.659. The van der Waals surface area contributed by atoms with Gasteiger partial charge in [0.05, 0.1) is 18.4 Å². The number of amides is 2. The standard InChI is InChI=1S/C18H24N2O5/c1-18(2,3)25-17(23)19-13-9-6-5-8-12(13)15(21)20-11-7-10-14(20)16(22)24-4/h5-6,8-9,14H,7,10-11H2,1-4H3,(H,19,23). The van der Waals surface area contributed by atoms with E-state index < -0.39 is 23.7 Å². The zero-order chi connectivity index (χ0) is 18.6. The molecule has 1 aliphatic heterocycles. The van der Waals surface area contributed by atoms with Gasteiger partial charge < -0.3 is 14.4 Å². The molecule has 0 saturated carbocycles. The molecule has 0 aliphatic carbocycles. The smallest absolute Gasteiger partial charge is 0.412 e. The molecule has 1 unspecified atom stereocenters. The van der Waals surface area contributed by atoms with Crippen molar-refractivity contribution in [1.82, 2.24) is 4.90 Å². The number of methoxy groups -OCH3 is 1. The van der Waals surface area contributed by atoms with E-state index in [0.717, 1.165) is 6.42 Å². The van der Waals surface area contributed by atoms with Crippen molar-refractivity contribution in [2.24, 2.45) is 0 Å². The number of likely N-dealkylation sites (tertiary alicyclic amines) is 1. The van der Waals surface area contributed by atoms with Gasteiger partial charge in [-0.1, -0.05) is 12.1 Å². The minimum absolute atomic E-state index is 0.309. The Bertz CT molecular complexity index is 666. The predicted octanol–water partition coefficient (Wildman–Crippen LogP) is 2.81. The normalized spacial score (nSPS) is 17.1. The van der Waals surface area contributed by atoms with Gasteiger partial charge in [-0.25, -0.2) is 9.59 Å². The number of carbonyl (C=O) groups excluding carboxylic acids is 3. The molecule has 1 aliphatic rings. The van der Waals surface area contributed by atoms with Crippen molar-refractivity contribution < 1.29 is 23.9 Å². The molecule has 0 radical (unpaired) electrons. The molecule has 25 heavy (non-hydrogen) atoms. The van der Waals surface area contributed by atoms with Crippen molar-refractivity contribution in [2.45, 2.75) is 45.3 Å². The molecular weight excluding hydrogens is 324 g/mol. The SMILES string of the molecule is COC(=O)C1CCCN1C(=O)c1ccccc1NC(=O)OC(C)(C)C. The molecule has 1 fully saturated rings. The Morgan fingerprint density at radius 1 is 1.20 bits per heavy atom. The van der Waals surface area contributed by atoms with Crippen LogP contribution in [-0.2, 0) is 14.3 Å². The van der Waals surface area contributed by atoms with E-state index in [1.54, 1.807) is 45.0 Å². The molecule has 0 aromatic heterocycles. The summed E-state index contributed by atoms with van der Waals surface area (Å²) in [5, 5.41) is 2.60. The fourth-order valence-corrected chi connectivity index (χ4v) is 2.74. The summed E-state index contributed by atoms with van der Waals surface area (Å²) in [5.74, 6) is -0.747. The van der Waals surface area contributed by atoms with Crippen LogP contribution in [0.3, 0.4) is 0 Å². The van der Waals surface area contributed by atoms with Gasteiger partial charge in [-0.2, -0.15) is 0 Å². The average molecular weight is 348 g/mol. The summed E-state index contributed by atoms with van der Waals surface area (Å²) in [5.41, 5.74) is 0.00923. The second kappa shape index (κ2) is 7.55. The zero-order valence-corrected chi connectivity index (χ0v) is 15.0. The molecule has 1 aromatic carbocycles. The third kappa shape index (κ3) is 4.71. The van der Waals surface area contributed by atoms with Gasteiger partial charge in [-0.3, -0.25) is 10.1 Å². The zero-order valence-electron chi connectivity index (χ0n) is 15.0. The molecule has 136 valence electrons. The van der Waals surface area contributed by atoms with Gasteiger partial charge >= 0.3 is 12.1 Å². The number of hydrogen-bond donors (Lipinski definition) is 1. The Morgan fingerprint density at radius 3 is 2.52 bits per heavy atom. The lowest BCUT2D eigenvalue weighted by Crippen LogP contribution is -2.41. The topological polar surface area (TPSA) is 84.9 Å². The maximum absolute atomic E-state index is 12.9. The van der Waals surface area contributed by atoms with E-state index in [2.05, 4.69) is 5.32 Å². The van der Waals surface area contributed by atoms with Crippen molar-refractivity contribution in [3.8, 4) is 0 Å². The van der Waals surface area contributed by atoms with Gasteiger partial charge in [-0.15, -0.1) is 0 Å². The van der Waals surface area contributed by atoms with Crippen molar-refractivity contribution in [3.05, 3.63) is 29.8 Å². The molecule has 1 N–H and O–H groups in total. The lowest BCUT2D eigenvalue weighted by atomic mass is 10.1. The average Bonchev–Trinajstić information content (AvgIpc) is 3.01. The Labute approximate surface area is 147 Å². The van der Waals surface area contributed by atoms with Gasteiger partial charge in [0.15, 0.2) is 0 Å². The first kappa shape index (κ1) is 18.8. The highest BCUT2D eigenvalue weighted by molar-refractivity contribution is 6.04. The predicted molar refractivity (Wildman–Crippen MR) is 92.4 cm³/mol. The van der Waals surface area contributed by atoms with Crippen LogP contribution in [-0.4, -0.2) is 48.2 Å². The first-order valence-corrected chi connectivity index (χ1v) is 8.21. The van der Waals surface area contributed by atoms with Gasteiger partial charge in [0, 0.05) is 6.54 Å². The van der Waals surface area contributed by atoms with E-state index in [0.29, 0.717) is 24.2 Å². The lowest BCUT2D eigenvalue weighted by Gasteiger charge is -2.24. The third-order valence-electron chi connectivity index (χ3n) is 3.78. The Balaban J connectivity index is 2.20. The number of para-hydroxylation sites is 1. The Hall–Kier alpha value is -2.57. The minimum Gasteiger partial charge on any atom is -0.467 e. The van der Waals surface area contributed by atoms with E-state index in [1.807, 2.05) is 0 Å². The molecule has 1 heterocycles. The molecule has 2 rings (SSSR count). The number of ether oxygens (including phenoxy) is 2. The summed E-state index contributed by atoms with van der Waals surface area (Å²) in [4.78, 5) is 38.3. The molecule has 0 bridgehead atoms. The number of rotatable bonds is 3. The van der Waals surface area contributed by atoms with Crippen molar-refractivity contribution in [3.63, 3.8) is 0 Å².